The Morgan fingerprint density at radius 3 is 1.41 bits per heavy atom. The summed E-state index contributed by atoms with van der Waals surface area (Å²) in [5.74, 6) is 7.38. The second-order valence-electron chi connectivity index (χ2n) is 19.8. The molecule has 9 rings (SSSR count). The molecule has 13 unspecified atom stereocenters. The Kier molecular flexibility index (Phi) is 10.4. The van der Waals surface area contributed by atoms with Gasteiger partial charge in [-0.1, -0.05) is 45.4 Å². The van der Waals surface area contributed by atoms with E-state index in [1.165, 1.54) is 154 Å². The van der Waals surface area contributed by atoms with Gasteiger partial charge < -0.3 is 26.6 Å². The predicted molar refractivity (Wildman–Crippen MR) is 203 cm³/mol. The topological polar surface area (TPSA) is 72.5 Å². The molecule has 0 bridgehead atoms. The third kappa shape index (κ3) is 7.18. The summed E-state index contributed by atoms with van der Waals surface area (Å²) in [5.41, 5.74) is 0. The van der Waals surface area contributed by atoms with Crippen molar-refractivity contribution in [2.75, 3.05) is 0 Å². The molecule has 0 aromatic rings. The number of fused-ring (bicyclic) bond motifs is 3. The van der Waals surface area contributed by atoms with Gasteiger partial charge in [-0.05, 0) is 158 Å². The van der Waals surface area contributed by atoms with Gasteiger partial charge in [0.1, 0.15) is 0 Å². The van der Waals surface area contributed by atoms with Gasteiger partial charge in [0.2, 0.25) is 0 Å². The van der Waals surface area contributed by atoms with Gasteiger partial charge in [0.15, 0.2) is 0 Å². The zero-order valence-corrected chi connectivity index (χ0v) is 31.5. The fraction of sp³-hybridized carbons (Fsp3) is 0.977. The first kappa shape index (κ1) is 34.1. The maximum Gasteiger partial charge on any atom is 0.0938 e. The van der Waals surface area contributed by atoms with Crippen LogP contribution in [0.25, 0.3) is 0 Å². The highest BCUT2D eigenvalue weighted by molar-refractivity contribution is 5.82. The van der Waals surface area contributed by atoms with Crippen molar-refractivity contribution in [1.29, 1.82) is 0 Å². The SMILES string of the molecule is CC1=NC2CCC(C3CCC4NC(C5CCC(C6NC7CCC(C)CC7NC6C6CCCCC6)CC5)C(C5CCCCC5)NC4C3)CC2N1. The summed E-state index contributed by atoms with van der Waals surface area (Å²) >= 11 is 0. The highest BCUT2D eigenvalue weighted by Gasteiger charge is 2.49. The molecule has 0 aromatic carbocycles. The molecule has 13 atom stereocenters. The predicted octanol–water partition coefficient (Wildman–Crippen LogP) is 7.47. The van der Waals surface area contributed by atoms with E-state index in [1.54, 1.807) is 0 Å². The summed E-state index contributed by atoms with van der Waals surface area (Å²) in [5, 5.41) is 21.6. The van der Waals surface area contributed by atoms with Crippen LogP contribution in [0.4, 0.5) is 0 Å². The van der Waals surface area contributed by atoms with E-state index in [1.807, 2.05) is 0 Å². The lowest BCUT2D eigenvalue weighted by Crippen LogP contribution is -2.72. The van der Waals surface area contributed by atoms with Crippen LogP contribution in [0.1, 0.15) is 162 Å². The fourth-order valence-electron chi connectivity index (χ4n) is 14.2. The van der Waals surface area contributed by atoms with Crippen molar-refractivity contribution in [3.05, 3.63) is 0 Å². The molecule has 0 radical (unpaired) electrons. The van der Waals surface area contributed by atoms with Gasteiger partial charge in [0, 0.05) is 54.4 Å². The minimum Gasteiger partial charge on any atom is -0.369 e. The molecule has 3 aliphatic heterocycles. The molecule has 0 amide bonds. The van der Waals surface area contributed by atoms with Gasteiger partial charge >= 0.3 is 0 Å². The number of amidine groups is 1. The Hall–Kier alpha value is -0.690. The average Bonchev–Trinajstić information content (AvgIpc) is 3.53. The van der Waals surface area contributed by atoms with Crippen LogP contribution in [0, 0.1) is 41.4 Å². The second kappa shape index (κ2) is 15.0. The smallest absolute Gasteiger partial charge is 0.0938 e. The number of hydrogen-bond donors (Lipinski definition) is 5. The molecule has 6 nitrogen and oxygen atoms in total. The standard InChI is InChI=1S/C43H74N6/c1-26-13-20-35-37(23-26)48-40(28-9-5-3-6-10-28)42(46-35)30-14-16-31(17-15-30)43-41(29-11-7-4-8-12-29)49-39-25-33(19-22-36(39)47-43)32-18-21-34-38(24-32)45-27(2)44-34/h26,28-43,46-49H,3-25H2,1-2H3,(H,44,45). The molecule has 6 heteroatoms. The first-order chi connectivity index (χ1) is 24.1. The Labute approximate surface area is 300 Å². The summed E-state index contributed by atoms with van der Waals surface area (Å²) in [6, 6.07) is 6.79. The molecule has 5 N–H and O–H groups in total. The first-order valence-corrected chi connectivity index (χ1v) is 22.4. The zero-order valence-electron chi connectivity index (χ0n) is 31.5. The Morgan fingerprint density at radius 1 is 0.408 bits per heavy atom. The summed E-state index contributed by atoms with van der Waals surface area (Å²) in [4.78, 5) is 4.92. The summed E-state index contributed by atoms with van der Waals surface area (Å²) < 4.78 is 0. The number of nitrogens with zero attached hydrogens (tertiary/aromatic N) is 1. The largest absolute Gasteiger partial charge is 0.369 e. The zero-order chi connectivity index (χ0) is 32.9. The summed E-state index contributed by atoms with van der Waals surface area (Å²) in [6.45, 7) is 4.67. The molecule has 3 heterocycles. The van der Waals surface area contributed by atoms with Crippen molar-refractivity contribution in [3.8, 4) is 0 Å². The maximum atomic E-state index is 4.92. The van der Waals surface area contributed by atoms with Crippen molar-refractivity contribution in [3.63, 3.8) is 0 Å². The Balaban J connectivity index is 0.858. The molecule has 0 spiro atoms. The molecule has 6 saturated carbocycles. The van der Waals surface area contributed by atoms with E-state index in [0.29, 0.717) is 60.4 Å². The van der Waals surface area contributed by atoms with Gasteiger partial charge in [-0.2, -0.15) is 0 Å². The lowest BCUT2D eigenvalue weighted by atomic mass is 9.65. The quantitative estimate of drug-likeness (QED) is 0.209. The normalized spacial score (nSPS) is 50.0. The van der Waals surface area contributed by atoms with Crippen LogP contribution < -0.4 is 26.6 Å². The van der Waals surface area contributed by atoms with Crippen molar-refractivity contribution in [1.82, 2.24) is 26.6 Å². The Bertz CT molecular complexity index is 1120. The molecule has 276 valence electrons. The van der Waals surface area contributed by atoms with Crippen molar-refractivity contribution in [2.24, 2.45) is 46.4 Å². The molecule has 2 saturated heterocycles. The van der Waals surface area contributed by atoms with E-state index >= 15 is 0 Å². The average molecular weight is 675 g/mol. The highest BCUT2D eigenvalue weighted by atomic mass is 15.2. The monoisotopic (exact) mass is 675 g/mol. The summed E-state index contributed by atoms with van der Waals surface area (Å²) in [6.07, 6.45) is 32.9. The number of rotatable bonds is 5. The minimum absolute atomic E-state index is 0.560. The van der Waals surface area contributed by atoms with E-state index in [-0.39, 0.29) is 0 Å². The van der Waals surface area contributed by atoms with Crippen LogP contribution in [0.5, 0.6) is 0 Å². The number of hydrogen-bond acceptors (Lipinski definition) is 6. The second-order valence-corrected chi connectivity index (χ2v) is 19.8. The number of aliphatic imine (C=N–C) groups is 1. The number of nitrogens with one attached hydrogen (secondary N) is 5. The van der Waals surface area contributed by atoms with Crippen molar-refractivity contribution in [2.45, 2.75) is 222 Å². The van der Waals surface area contributed by atoms with Crippen LogP contribution in [0.2, 0.25) is 0 Å². The molecule has 49 heavy (non-hydrogen) atoms. The fourth-order valence-corrected chi connectivity index (χ4v) is 14.2. The molecule has 8 fully saturated rings. The van der Waals surface area contributed by atoms with Gasteiger partial charge in [-0.15, -0.1) is 0 Å². The lowest BCUT2D eigenvalue weighted by molar-refractivity contribution is 0.0317. The molecule has 9 aliphatic rings. The molecule has 0 aromatic heterocycles. The van der Waals surface area contributed by atoms with Crippen LogP contribution in [-0.4, -0.2) is 66.3 Å². The molecule has 6 aliphatic carbocycles. The van der Waals surface area contributed by atoms with Crippen LogP contribution in [0.3, 0.4) is 0 Å². The van der Waals surface area contributed by atoms with Crippen molar-refractivity contribution >= 4 is 5.84 Å². The highest BCUT2D eigenvalue weighted by Crippen LogP contribution is 2.45. The lowest BCUT2D eigenvalue weighted by Gasteiger charge is -2.55. The minimum atomic E-state index is 0.560. The molecular weight excluding hydrogens is 601 g/mol. The van der Waals surface area contributed by atoms with Gasteiger partial charge in [0.25, 0.3) is 0 Å². The van der Waals surface area contributed by atoms with Gasteiger partial charge in [-0.25, -0.2) is 0 Å². The van der Waals surface area contributed by atoms with E-state index in [4.69, 9.17) is 4.99 Å². The third-order valence-corrected chi connectivity index (χ3v) is 16.8. The van der Waals surface area contributed by atoms with Crippen LogP contribution in [0.15, 0.2) is 4.99 Å². The first-order valence-electron chi connectivity index (χ1n) is 22.4. The van der Waals surface area contributed by atoms with Crippen LogP contribution in [-0.2, 0) is 0 Å². The van der Waals surface area contributed by atoms with Crippen LogP contribution >= 0.6 is 0 Å². The van der Waals surface area contributed by atoms with E-state index < -0.39 is 0 Å². The third-order valence-electron chi connectivity index (χ3n) is 16.8. The van der Waals surface area contributed by atoms with Gasteiger partial charge in [0.05, 0.1) is 11.9 Å². The van der Waals surface area contributed by atoms with E-state index in [2.05, 4.69) is 40.4 Å². The van der Waals surface area contributed by atoms with E-state index in [9.17, 15) is 0 Å². The summed E-state index contributed by atoms with van der Waals surface area (Å²) in [7, 11) is 0. The van der Waals surface area contributed by atoms with E-state index in [0.717, 1.165) is 41.4 Å². The number of piperazine rings is 2. The Morgan fingerprint density at radius 2 is 0.837 bits per heavy atom. The molecular formula is C43H74N6. The van der Waals surface area contributed by atoms with Crippen molar-refractivity contribution < 1.29 is 0 Å². The van der Waals surface area contributed by atoms with Gasteiger partial charge in [-0.3, -0.25) is 4.99 Å². The maximum absolute atomic E-state index is 4.92.